The van der Waals surface area contributed by atoms with Crippen molar-refractivity contribution < 1.29 is 14.3 Å². The van der Waals surface area contributed by atoms with E-state index in [-0.39, 0.29) is 12.5 Å². The Labute approximate surface area is 116 Å². The van der Waals surface area contributed by atoms with Crippen LogP contribution in [0.3, 0.4) is 0 Å². The third-order valence-corrected chi connectivity index (χ3v) is 2.57. The van der Waals surface area contributed by atoms with Gasteiger partial charge in [0, 0.05) is 18.2 Å². The predicted molar refractivity (Wildman–Crippen MR) is 74.2 cm³/mol. The first-order valence-corrected chi connectivity index (χ1v) is 6.12. The average Bonchev–Trinajstić information content (AvgIpc) is 2.86. The molecule has 0 aliphatic rings. The zero-order valence-corrected chi connectivity index (χ0v) is 11.0. The van der Waals surface area contributed by atoms with Crippen molar-refractivity contribution in [2.75, 3.05) is 11.9 Å². The molecule has 0 saturated carbocycles. The van der Waals surface area contributed by atoms with Gasteiger partial charge in [-0.25, -0.2) is 4.98 Å². The van der Waals surface area contributed by atoms with E-state index in [4.69, 9.17) is 9.52 Å². The lowest BCUT2D eigenvalue weighted by atomic mass is 10.2. The van der Waals surface area contributed by atoms with E-state index < -0.39 is 0 Å². The number of carbonyl (C=O) groups excluding carboxylic acids is 1. The van der Waals surface area contributed by atoms with Crippen LogP contribution in [0.2, 0.25) is 0 Å². The summed E-state index contributed by atoms with van der Waals surface area (Å²) in [6.07, 6.45) is 3.45. The maximum atomic E-state index is 12.0. The van der Waals surface area contributed by atoms with E-state index in [2.05, 4.69) is 22.1 Å². The lowest BCUT2D eigenvalue weighted by Gasteiger charge is -2.03. The van der Waals surface area contributed by atoms with Crippen molar-refractivity contribution in [2.45, 2.75) is 13.3 Å². The number of nitrogens with zero attached hydrogens (tertiary/aromatic N) is 1. The first kappa shape index (κ1) is 13.8. The number of anilines is 1. The van der Waals surface area contributed by atoms with Gasteiger partial charge in [0.25, 0.3) is 5.91 Å². The van der Waals surface area contributed by atoms with Crippen LogP contribution in [0.25, 0.3) is 0 Å². The molecule has 0 saturated heterocycles. The fourth-order valence-electron chi connectivity index (χ4n) is 1.60. The zero-order chi connectivity index (χ0) is 14.4. The first-order chi connectivity index (χ1) is 9.70. The van der Waals surface area contributed by atoms with Gasteiger partial charge in [0.2, 0.25) is 0 Å². The number of furan rings is 1. The number of aryl methyl sites for hydroxylation is 1. The molecule has 0 atom stereocenters. The molecule has 20 heavy (non-hydrogen) atoms. The Morgan fingerprint density at radius 2 is 2.35 bits per heavy atom. The normalized spacial score (nSPS) is 9.70. The van der Waals surface area contributed by atoms with E-state index in [0.29, 0.717) is 23.6 Å². The number of carbonyl (C=O) groups is 1. The minimum absolute atomic E-state index is 0.0292. The second-order valence-corrected chi connectivity index (χ2v) is 4.05. The van der Waals surface area contributed by atoms with Gasteiger partial charge in [0.15, 0.2) is 0 Å². The fourth-order valence-corrected chi connectivity index (χ4v) is 1.60. The van der Waals surface area contributed by atoms with Crippen molar-refractivity contribution in [2.24, 2.45) is 0 Å². The van der Waals surface area contributed by atoms with Gasteiger partial charge in [-0.2, -0.15) is 0 Å². The van der Waals surface area contributed by atoms with Gasteiger partial charge in [-0.05, 0) is 25.1 Å². The molecule has 5 nitrogen and oxygen atoms in total. The molecule has 2 aromatic rings. The Hall–Kier alpha value is -2.58. The summed E-state index contributed by atoms with van der Waals surface area (Å²) in [5, 5.41) is 11.4. The molecular formula is C15H14N2O3. The summed E-state index contributed by atoms with van der Waals surface area (Å²) in [7, 11) is 0. The number of hydrogen-bond donors (Lipinski definition) is 2. The van der Waals surface area contributed by atoms with Crippen molar-refractivity contribution in [3.63, 3.8) is 0 Å². The summed E-state index contributed by atoms with van der Waals surface area (Å²) in [6.45, 7) is 1.75. The lowest BCUT2D eigenvalue weighted by molar-refractivity contribution is 0.102. The lowest BCUT2D eigenvalue weighted by Crippen LogP contribution is -2.13. The summed E-state index contributed by atoms with van der Waals surface area (Å²) < 4.78 is 5.09. The molecule has 2 aromatic heterocycles. The smallest absolute Gasteiger partial charge is 0.260 e. The molecule has 0 radical (unpaired) electrons. The number of aromatic nitrogens is 1. The number of amides is 1. The van der Waals surface area contributed by atoms with Gasteiger partial charge >= 0.3 is 0 Å². The molecule has 0 aromatic carbocycles. The molecule has 0 unspecified atom stereocenters. The van der Waals surface area contributed by atoms with E-state index in [1.165, 1.54) is 6.26 Å². The van der Waals surface area contributed by atoms with Crippen molar-refractivity contribution in [3.8, 4) is 11.8 Å². The molecule has 5 heteroatoms. The van der Waals surface area contributed by atoms with Crippen molar-refractivity contribution in [1.82, 2.24) is 4.98 Å². The van der Waals surface area contributed by atoms with Crippen LogP contribution < -0.4 is 5.32 Å². The molecule has 0 bridgehead atoms. The van der Waals surface area contributed by atoms with Gasteiger partial charge in [-0.1, -0.05) is 11.8 Å². The van der Waals surface area contributed by atoms with Gasteiger partial charge in [0.05, 0.1) is 18.4 Å². The molecule has 102 valence electrons. The molecule has 0 fully saturated rings. The van der Waals surface area contributed by atoms with Gasteiger partial charge in [0.1, 0.15) is 11.6 Å². The van der Waals surface area contributed by atoms with Crippen molar-refractivity contribution in [1.29, 1.82) is 0 Å². The molecule has 2 heterocycles. The molecule has 0 aliphatic carbocycles. The minimum Gasteiger partial charge on any atom is -0.469 e. The molecule has 0 aliphatic heterocycles. The molecule has 0 spiro atoms. The van der Waals surface area contributed by atoms with E-state index in [1.54, 1.807) is 31.3 Å². The minimum atomic E-state index is -0.274. The second kappa shape index (κ2) is 6.55. The quantitative estimate of drug-likeness (QED) is 0.836. The third kappa shape index (κ3) is 3.46. The van der Waals surface area contributed by atoms with Crippen LogP contribution >= 0.6 is 0 Å². The SMILES string of the molecule is Cc1occc1C(=O)Nc1cc(C#CCCO)ccn1. The Balaban J connectivity index is 2.11. The Morgan fingerprint density at radius 1 is 1.50 bits per heavy atom. The molecule has 2 N–H and O–H groups in total. The highest BCUT2D eigenvalue weighted by Crippen LogP contribution is 2.12. The average molecular weight is 270 g/mol. The number of nitrogens with one attached hydrogen (secondary N) is 1. The van der Waals surface area contributed by atoms with Gasteiger partial charge < -0.3 is 14.8 Å². The standard InChI is InChI=1S/C15H14N2O3/c1-11-13(6-9-20-11)15(19)17-14-10-12(5-7-16-14)4-2-3-8-18/h5-7,9-10,18H,3,8H2,1H3,(H,16,17,19). The van der Waals surface area contributed by atoms with E-state index in [9.17, 15) is 4.79 Å². The topological polar surface area (TPSA) is 75.4 Å². The molecule has 2 rings (SSSR count). The van der Waals surface area contributed by atoms with E-state index in [1.807, 2.05) is 0 Å². The van der Waals surface area contributed by atoms with Crippen LogP contribution in [0.4, 0.5) is 5.82 Å². The second-order valence-electron chi connectivity index (χ2n) is 4.05. The number of rotatable bonds is 3. The number of hydrogen-bond acceptors (Lipinski definition) is 4. The van der Waals surface area contributed by atoms with Crippen molar-refractivity contribution in [3.05, 3.63) is 47.5 Å². The Bertz CT molecular complexity index is 665. The van der Waals surface area contributed by atoms with Crippen molar-refractivity contribution >= 4 is 11.7 Å². The van der Waals surface area contributed by atoms with Crippen LogP contribution in [-0.2, 0) is 0 Å². The van der Waals surface area contributed by atoms with Gasteiger partial charge in [-0.3, -0.25) is 4.79 Å². The summed E-state index contributed by atoms with van der Waals surface area (Å²) >= 11 is 0. The number of pyridine rings is 1. The first-order valence-electron chi connectivity index (χ1n) is 6.12. The summed E-state index contributed by atoms with van der Waals surface area (Å²) in [5.74, 6) is 6.40. The predicted octanol–water partition coefficient (Wildman–Crippen LogP) is 1.97. The summed E-state index contributed by atoms with van der Waals surface area (Å²) in [4.78, 5) is 16.1. The highest BCUT2D eigenvalue weighted by atomic mass is 16.3. The van der Waals surface area contributed by atoms with E-state index >= 15 is 0 Å². The molecular weight excluding hydrogens is 256 g/mol. The highest BCUT2D eigenvalue weighted by Gasteiger charge is 2.11. The summed E-state index contributed by atoms with van der Waals surface area (Å²) in [6, 6.07) is 5.02. The van der Waals surface area contributed by atoms with Crippen LogP contribution in [0.5, 0.6) is 0 Å². The maximum absolute atomic E-state index is 12.0. The van der Waals surface area contributed by atoms with Crippen LogP contribution in [-0.4, -0.2) is 22.6 Å². The highest BCUT2D eigenvalue weighted by molar-refractivity contribution is 6.04. The van der Waals surface area contributed by atoms with Crippen LogP contribution in [0, 0.1) is 18.8 Å². The third-order valence-electron chi connectivity index (χ3n) is 2.57. The van der Waals surface area contributed by atoms with Crippen LogP contribution in [0.15, 0.2) is 35.1 Å². The fraction of sp³-hybridized carbons (Fsp3) is 0.200. The Kier molecular flexibility index (Phi) is 4.53. The van der Waals surface area contributed by atoms with E-state index in [0.717, 1.165) is 5.56 Å². The monoisotopic (exact) mass is 270 g/mol. The number of aliphatic hydroxyl groups is 1. The van der Waals surface area contributed by atoms with Crippen LogP contribution in [0.1, 0.15) is 28.1 Å². The zero-order valence-electron chi connectivity index (χ0n) is 11.0. The maximum Gasteiger partial charge on any atom is 0.260 e. The molecule has 1 amide bonds. The number of aliphatic hydroxyl groups excluding tert-OH is 1. The largest absolute Gasteiger partial charge is 0.469 e. The summed E-state index contributed by atoms with van der Waals surface area (Å²) in [5.41, 5.74) is 1.20. The Morgan fingerprint density at radius 3 is 3.05 bits per heavy atom. The van der Waals surface area contributed by atoms with Gasteiger partial charge in [-0.15, -0.1) is 0 Å².